The van der Waals surface area contributed by atoms with Crippen LogP contribution in [0.3, 0.4) is 0 Å². The molecular weight excluding hydrogens is 292 g/mol. The SMILES string of the molecule is CCCCCCNC(=O)Nc1ccnc(=O)n1CCCCCC. The van der Waals surface area contributed by atoms with Gasteiger partial charge in [0.15, 0.2) is 0 Å². The van der Waals surface area contributed by atoms with Crippen LogP contribution in [0.1, 0.15) is 65.2 Å². The van der Waals surface area contributed by atoms with E-state index in [4.69, 9.17) is 0 Å². The van der Waals surface area contributed by atoms with Crippen molar-refractivity contribution in [3.63, 3.8) is 0 Å². The third-order valence-corrected chi connectivity index (χ3v) is 3.73. The van der Waals surface area contributed by atoms with Crippen LogP contribution in [0.4, 0.5) is 10.6 Å². The van der Waals surface area contributed by atoms with E-state index in [2.05, 4.69) is 29.5 Å². The largest absolute Gasteiger partial charge is 0.349 e. The zero-order valence-electron chi connectivity index (χ0n) is 14.4. The number of aromatic nitrogens is 2. The molecule has 6 heteroatoms. The lowest BCUT2D eigenvalue weighted by Gasteiger charge is -2.13. The molecule has 0 radical (unpaired) electrons. The molecule has 0 fully saturated rings. The fraction of sp³-hybridized carbons (Fsp3) is 0.706. The van der Waals surface area contributed by atoms with Gasteiger partial charge < -0.3 is 5.32 Å². The average molecular weight is 322 g/mol. The highest BCUT2D eigenvalue weighted by Crippen LogP contribution is 2.07. The van der Waals surface area contributed by atoms with E-state index < -0.39 is 0 Å². The Kier molecular flexibility index (Phi) is 9.75. The van der Waals surface area contributed by atoms with Gasteiger partial charge in [-0.2, -0.15) is 0 Å². The van der Waals surface area contributed by atoms with Gasteiger partial charge in [-0.15, -0.1) is 0 Å². The van der Waals surface area contributed by atoms with Crippen molar-refractivity contribution < 1.29 is 4.79 Å². The highest BCUT2D eigenvalue weighted by Gasteiger charge is 2.07. The predicted octanol–water partition coefficient (Wildman–Crippen LogP) is 3.53. The first-order valence-electron chi connectivity index (χ1n) is 8.79. The van der Waals surface area contributed by atoms with Crippen molar-refractivity contribution in [1.29, 1.82) is 0 Å². The molecule has 0 aliphatic carbocycles. The summed E-state index contributed by atoms with van der Waals surface area (Å²) in [5.74, 6) is 0.507. The zero-order valence-corrected chi connectivity index (χ0v) is 14.4. The van der Waals surface area contributed by atoms with Gasteiger partial charge >= 0.3 is 11.7 Å². The predicted molar refractivity (Wildman–Crippen MR) is 93.8 cm³/mol. The van der Waals surface area contributed by atoms with Crippen molar-refractivity contribution in [2.24, 2.45) is 0 Å². The average Bonchev–Trinajstić information content (AvgIpc) is 2.53. The molecule has 1 heterocycles. The summed E-state index contributed by atoms with van der Waals surface area (Å²) in [4.78, 5) is 27.6. The van der Waals surface area contributed by atoms with Crippen molar-refractivity contribution >= 4 is 11.8 Å². The van der Waals surface area contributed by atoms with Crippen molar-refractivity contribution in [1.82, 2.24) is 14.9 Å². The van der Waals surface area contributed by atoms with E-state index in [1.54, 1.807) is 6.07 Å². The van der Waals surface area contributed by atoms with Gasteiger partial charge in [0.1, 0.15) is 5.82 Å². The second-order valence-corrected chi connectivity index (χ2v) is 5.77. The van der Waals surface area contributed by atoms with Gasteiger partial charge in [-0.3, -0.25) is 9.88 Å². The number of unbranched alkanes of at least 4 members (excludes halogenated alkanes) is 6. The third kappa shape index (κ3) is 7.81. The first-order chi connectivity index (χ1) is 11.2. The van der Waals surface area contributed by atoms with Crippen LogP contribution in [0.15, 0.2) is 17.1 Å². The van der Waals surface area contributed by atoms with Crippen molar-refractivity contribution in [2.45, 2.75) is 71.8 Å². The lowest BCUT2D eigenvalue weighted by Crippen LogP contribution is -2.33. The van der Waals surface area contributed by atoms with Crippen molar-refractivity contribution in [2.75, 3.05) is 11.9 Å². The number of amides is 2. The normalized spacial score (nSPS) is 10.5. The number of nitrogens with zero attached hydrogens (tertiary/aromatic N) is 2. The molecule has 6 nitrogen and oxygen atoms in total. The Balaban J connectivity index is 2.49. The molecular formula is C17H30N4O2. The van der Waals surface area contributed by atoms with Crippen LogP contribution in [0.25, 0.3) is 0 Å². The molecule has 1 aromatic rings. The maximum atomic E-state index is 11.9. The summed E-state index contributed by atoms with van der Waals surface area (Å²) in [7, 11) is 0. The van der Waals surface area contributed by atoms with E-state index in [0.29, 0.717) is 18.9 Å². The van der Waals surface area contributed by atoms with Crippen LogP contribution < -0.4 is 16.3 Å². The van der Waals surface area contributed by atoms with Crippen molar-refractivity contribution in [3.05, 3.63) is 22.7 Å². The molecule has 0 unspecified atom stereocenters. The van der Waals surface area contributed by atoms with E-state index >= 15 is 0 Å². The number of hydrogen-bond donors (Lipinski definition) is 2. The monoisotopic (exact) mass is 322 g/mol. The highest BCUT2D eigenvalue weighted by molar-refractivity contribution is 5.88. The van der Waals surface area contributed by atoms with E-state index in [1.807, 2.05) is 0 Å². The number of carbonyl (C=O) groups is 1. The molecule has 2 amide bonds. The lowest BCUT2D eigenvalue weighted by atomic mass is 10.2. The van der Waals surface area contributed by atoms with Gasteiger partial charge in [-0.1, -0.05) is 52.4 Å². The second-order valence-electron chi connectivity index (χ2n) is 5.77. The third-order valence-electron chi connectivity index (χ3n) is 3.73. The Bertz CT molecular complexity index is 514. The number of urea groups is 1. The van der Waals surface area contributed by atoms with Gasteiger partial charge in [-0.05, 0) is 18.9 Å². The molecule has 0 bridgehead atoms. The minimum atomic E-state index is -0.317. The molecule has 1 rings (SSSR count). The Morgan fingerprint density at radius 1 is 1.09 bits per heavy atom. The van der Waals surface area contributed by atoms with E-state index in [1.165, 1.54) is 23.6 Å². The summed E-state index contributed by atoms with van der Waals surface area (Å²) in [5.41, 5.74) is -0.317. The first kappa shape index (κ1) is 19.2. The zero-order chi connectivity index (χ0) is 16.9. The van der Waals surface area contributed by atoms with Gasteiger partial charge in [0.25, 0.3) is 0 Å². The molecule has 130 valence electrons. The lowest BCUT2D eigenvalue weighted by molar-refractivity contribution is 0.251. The van der Waals surface area contributed by atoms with Gasteiger partial charge in [0.2, 0.25) is 0 Å². The second kappa shape index (κ2) is 11.7. The molecule has 23 heavy (non-hydrogen) atoms. The Morgan fingerprint density at radius 3 is 2.48 bits per heavy atom. The molecule has 0 aromatic carbocycles. The molecule has 0 saturated heterocycles. The topological polar surface area (TPSA) is 76.0 Å². The quantitative estimate of drug-likeness (QED) is 0.612. The summed E-state index contributed by atoms with van der Waals surface area (Å²) < 4.78 is 1.53. The van der Waals surface area contributed by atoms with Crippen LogP contribution in [0.2, 0.25) is 0 Å². The minimum Gasteiger partial charge on any atom is -0.338 e. The number of anilines is 1. The number of rotatable bonds is 11. The van der Waals surface area contributed by atoms with Crippen LogP contribution >= 0.6 is 0 Å². The highest BCUT2D eigenvalue weighted by atomic mass is 16.2. The standard InChI is InChI=1S/C17H30N4O2/c1-3-5-7-9-12-18-16(22)20-15-11-13-19-17(23)21(15)14-10-8-6-4-2/h11,13H,3-10,12,14H2,1-2H3,(H2,18,20,22). The molecule has 0 spiro atoms. The van der Waals surface area contributed by atoms with Crippen LogP contribution in [0.5, 0.6) is 0 Å². The maximum Gasteiger partial charge on any atom is 0.349 e. The van der Waals surface area contributed by atoms with Crippen LogP contribution in [-0.2, 0) is 6.54 Å². The van der Waals surface area contributed by atoms with E-state index in [-0.39, 0.29) is 11.7 Å². The smallest absolute Gasteiger partial charge is 0.338 e. The van der Waals surface area contributed by atoms with Gasteiger partial charge in [-0.25, -0.2) is 14.6 Å². The van der Waals surface area contributed by atoms with E-state index in [0.717, 1.165) is 38.5 Å². The Hall–Kier alpha value is -1.85. The molecule has 0 saturated carbocycles. The molecule has 2 N–H and O–H groups in total. The number of hydrogen-bond acceptors (Lipinski definition) is 3. The molecule has 0 atom stereocenters. The summed E-state index contributed by atoms with van der Waals surface area (Å²) in [6, 6.07) is 1.40. The first-order valence-corrected chi connectivity index (χ1v) is 8.79. The van der Waals surface area contributed by atoms with Crippen LogP contribution in [-0.4, -0.2) is 22.1 Å². The summed E-state index contributed by atoms with van der Waals surface area (Å²) in [6.07, 6.45) is 10.2. The molecule has 1 aromatic heterocycles. The molecule has 0 aliphatic heterocycles. The Morgan fingerprint density at radius 2 is 1.78 bits per heavy atom. The summed E-state index contributed by atoms with van der Waals surface area (Å²) in [6.45, 7) is 5.54. The minimum absolute atomic E-state index is 0.269. The number of carbonyl (C=O) groups excluding carboxylic acids is 1. The Labute approximate surface area is 138 Å². The number of nitrogens with one attached hydrogen (secondary N) is 2. The van der Waals surface area contributed by atoms with Crippen LogP contribution in [0, 0.1) is 0 Å². The fourth-order valence-electron chi connectivity index (χ4n) is 2.37. The molecule has 0 aliphatic rings. The van der Waals surface area contributed by atoms with Crippen molar-refractivity contribution in [3.8, 4) is 0 Å². The van der Waals surface area contributed by atoms with Gasteiger partial charge in [0, 0.05) is 19.3 Å². The summed E-state index contributed by atoms with van der Waals surface area (Å²) >= 11 is 0. The van der Waals surface area contributed by atoms with Gasteiger partial charge in [0.05, 0.1) is 0 Å². The maximum absolute atomic E-state index is 11.9. The fourth-order valence-corrected chi connectivity index (χ4v) is 2.37. The van der Waals surface area contributed by atoms with E-state index in [9.17, 15) is 9.59 Å². The summed E-state index contributed by atoms with van der Waals surface area (Å²) in [5, 5.41) is 5.58.